The van der Waals surface area contributed by atoms with Crippen molar-refractivity contribution in [1.82, 2.24) is 5.32 Å². The van der Waals surface area contributed by atoms with Crippen LogP contribution in [-0.4, -0.2) is 22.8 Å². The summed E-state index contributed by atoms with van der Waals surface area (Å²) in [5.74, 6) is -0.262. The highest BCUT2D eigenvalue weighted by Gasteiger charge is 2.37. The van der Waals surface area contributed by atoms with E-state index < -0.39 is 9.34 Å². The Morgan fingerprint density at radius 3 is 2.30 bits per heavy atom. The van der Waals surface area contributed by atoms with E-state index >= 15 is 0 Å². The molecule has 2 rings (SSSR count). The molecule has 1 aromatic rings. The lowest BCUT2D eigenvalue weighted by Crippen LogP contribution is -2.37. The van der Waals surface area contributed by atoms with Crippen LogP contribution in [0.15, 0.2) is 30.3 Å². The molecule has 1 N–H and O–H groups in total. The molecule has 5 heteroatoms. The average molecular weight is 405 g/mol. The number of hydrogen-bond acceptors (Lipinski definition) is 3. The van der Waals surface area contributed by atoms with E-state index in [-0.39, 0.29) is 5.97 Å². The predicted octanol–water partition coefficient (Wildman–Crippen LogP) is 3.70. The number of halogens is 2. The molecule has 0 aromatic heterocycles. The average Bonchev–Trinajstić information content (AvgIpc) is 2.42. The van der Waals surface area contributed by atoms with Crippen molar-refractivity contribution in [3.05, 3.63) is 35.9 Å². The zero-order valence-corrected chi connectivity index (χ0v) is 14.5. The Hall–Kier alpha value is -0.390. The van der Waals surface area contributed by atoms with E-state index in [4.69, 9.17) is 4.74 Å². The minimum absolute atomic E-state index is 0.262. The maximum absolute atomic E-state index is 12.1. The molecule has 0 saturated carbocycles. The van der Waals surface area contributed by atoms with E-state index in [9.17, 15) is 4.79 Å². The number of carbonyl (C=O) groups excluding carboxylic acids is 1. The van der Waals surface area contributed by atoms with Gasteiger partial charge in [0.25, 0.3) is 0 Å². The summed E-state index contributed by atoms with van der Waals surface area (Å²) in [5.41, 5.74) is 0.594. The zero-order valence-electron chi connectivity index (χ0n) is 11.3. The quantitative estimate of drug-likeness (QED) is 0.616. The summed E-state index contributed by atoms with van der Waals surface area (Å²) >= 11 is 6.46. The largest absolute Gasteiger partial charge is 0.453 e. The van der Waals surface area contributed by atoms with Crippen molar-refractivity contribution in [3.8, 4) is 0 Å². The first kappa shape index (κ1) is 16.0. The molecule has 110 valence electrons. The molecule has 0 bridgehead atoms. The molecule has 1 fully saturated rings. The number of ether oxygens (including phenoxy) is 1. The first-order valence-electron chi connectivity index (χ1n) is 6.91. The SMILES string of the molecule is O=C(OC1(c2ccccc2)CCCNCCC1)C(Br)Br. The van der Waals surface area contributed by atoms with Crippen LogP contribution in [0.2, 0.25) is 0 Å². The van der Waals surface area contributed by atoms with Crippen molar-refractivity contribution in [2.45, 2.75) is 35.0 Å². The van der Waals surface area contributed by atoms with Gasteiger partial charge in [0, 0.05) is 0 Å². The van der Waals surface area contributed by atoms with Crippen LogP contribution in [-0.2, 0) is 15.1 Å². The van der Waals surface area contributed by atoms with Crippen molar-refractivity contribution in [1.29, 1.82) is 0 Å². The number of alkyl halides is 2. The van der Waals surface area contributed by atoms with Crippen molar-refractivity contribution >= 4 is 37.8 Å². The van der Waals surface area contributed by atoms with E-state index in [1.54, 1.807) is 0 Å². The van der Waals surface area contributed by atoms with Crippen LogP contribution in [0.25, 0.3) is 0 Å². The van der Waals surface area contributed by atoms with Gasteiger partial charge in [-0.05, 0) is 44.3 Å². The van der Waals surface area contributed by atoms with E-state index in [0.29, 0.717) is 0 Å². The third-order valence-electron chi connectivity index (χ3n) is 3.64. The second kappa shape index (κ2) is 7.57. The van der Waals surface area contributed by atoms with Gasteiger partial charge in [-0.15, -0.1) is 0 Å². The van der Waals surface area contributed by atoms with Crippen molar-refractivity contribution < 1.29 is 9.53 Å². The Balaban J connectivity index is 2.28. The molecule has 0 spiro atoms. The lowest BCUT2D eigenvalue weighted by atomic mass is 9.83. The van der Waals surface area contributed by atoms with E-state index in [0.717, 1.165) is 44.3 Å². The summed E-state index contributed by atoms with van der Waals surface area (Å²) in [4.78, 5) is 12.1. The molecule has 0 radical (unpaired) electrons. The van der Waals surface area contributed by atoms with Crippen LogP contribution in [0, 0.1) is 0 Å². The first-order chi connectivity index (χ1) is 9.64. The van der Waals surface area contributed by atoms with E-state index in [1.807, 2.05) is 18.2 Å². The molecule has 1 aliphatic heterocycles. The normalized spacial score (nSPS) is 19.1. The Morgan fingerprint density at radius 1 is 1.15 bits per heavy atom. The second-order valence-electron chi connectivity index (χ2n) is 5.04. The minimum atomic E-state index is -0.500. The van der Waals surface area contributed by atoms with Gasteiger partial charge >= 0.3 is 5.97 Å². The third kappa shape index (κ3) is 4.06. The summed E-state index contributed by atoms with van der Waals surface area (Å²) in [6.07, 6.45) is 3.69. The van der Waals surface area contributed by atoms with Crippen molar-refractivity contribution in [2.24, 2.45) is 0 Å². The van der Waals surface area contributed by atoms with Gasteiger partial charge < -0.3 is 10.1 Å². The summed E-state index contributed by atoms with van der Waals surface area (Å²) in [7, 11) is 0. The number of hydrogen-bond donors (Lipinski definition) is 1. The second-order valence-corrected chi connectivity index (χ2v) is 8.10. The summed E-state index contributed by atoms with van der Waals surface area (Å²) < 4.78 is 5.44. The predicted molar refractivity (Wildman–Crippen MR) is 87.2 cm³/mol. The van der Waals surface area contributed by atoms with Gasteiger partial charge in [-0.1, -0.05) is 62.2 Å². The molecule has 1 heterocycles. The van der Waals surface area contributed by atoms with E-state index in [1.165, 1.54) is 0 Å². The van der Waals surface area contributed by atoms with Crippen LogP contribution in [0.3, 0.4) is 0 Å². The van der Waals surface area contributed by atoms with Crippen LogP contribution < -0.4 is 5.32 Å². The summed E-state index contributed by atoms with van der Waals surface area (Å²) in [6, 6.07) is 10.1. The fourth-order valence-electron chi connectivity index (χ4n) is 2.68. The maximum Gasteiger partial charge on any atom is 0.331 e. The Kier molecular flexibility index (Phi) is 6.05. The Labute approximate surface area is 136 Å². The standard InChI is InChI=1S/C15H19Br2NO2/c16-13(17)14(19)20-15(12-6-2-1-3-7-12)8-4-10-18-11-5-9-15/h1-3,6-7,13,18H,4-5,8-11H2. The van der Waals surface area contributed by atoms with Gasteiger partial charge in [-0.25, -0.2) is 4.79 Å². The van der Waals surface area contributed by atoms with E-state index in [2.05, 4.69) is 49.3 Å². The van der Waals surface area contributed by atoms with Gasteiger partial charge in [-0.2, -0.15) is 0 Å². The van der Waals surface area contributed by atoms with Gasteiger partial charge in [0.1, 0.15) is 5.60 Å². The zero-order chi connectivity index (χ0) is 14.4. The maximum atomic E-state index is 12.1. The third-order valence-corrected chi connectivity index (χ3v) is 4.39. The Morgan fingerprint density at radius 2 is 1.75 bits per heavy atom. The first-order valence-corrected chi connectivity index (χ1v) is 8.74. The number of rotatable bonds is 3. The number of esters is 1. The van der Waals surface area contributed by atoms with Crippen LogP contribution in [0.4, 0.5) is 0 Å². The lowest BCUT2D eigenvalue weighted by Gasteiger charge is -2.36. The fraction of sp³-hybridized carbons (Fsp3) is 0.533. The molecule has 1 saturated heterocycles. The smallest absolute Gasteiger partial charge is 0.331 e. The van der Waals surface area contributed by atoms with Gasteiger partial charge in [0.05, 0.1) is 0 Å². The topological polar surface area (TPSA) is 38.3 Å². The highest BCUT2D eigenvalue weighted by Crippen LogP contribution is 2.37. The molecule has 20 heavy (non-hydrogen) atoms. The molecule has 1 aromatic carbocycles. The molecule has 0 unspecified atom stereocenters. The molecular formula is C15H19Br2NO2. The molecule has 3 nitrogen and oxygen atoms in total. The molecule has 0 atom stereocenters. The summed E-state index contributed by atoms with van der Waals surface area (Å²) in [6.45, 7) is 1.94. The van der Waals surface area contributed by atoms with Crippen LogP contribution in [0.1, 0.15) is 31.2 Å². The molecule has 0 aliphatic carbocycles. The van der Waals surface area contributed by atoms with Crippen molar-refractivity contribution in [3.63, 3.8) is 0 Å². The molecular weight excluding hydrogens is 386 g/mol. The number of nitrogens with one attached hydrogen (secondary N) is 1. The summed E-state index contributed by atoms with van der Waals surface area (Å²) in [5, 5.41) is 3.39. The molecule has 1 aliphatic rings. The minimum Gasteiger partial charge on any atom is -0.453 e. The number of benzene rings is 1. The fourth-order valence-corrected chi connectivity index (χ4v) is 2.86. The van der Waals surface area contributed by atoms with Gasteiger partial charge in [0.15, 0.2) is 3.74 Å². The van der Waals surface area contributed by atoms with Gasteiger partial charge in [0.2, 0.25) is 0 Å². The highest BCUT2D eigenvalue weighted by atomic mass is 79.9. The van der Waals surface area contributed by atoms with Crippen LogP contribution >= 0.6 is 31.9 Å². The number of carbonyl (C=O) groups is 1. The van der Waals surface area contributed by atoms with Crippen molar-refractivity contribution in [2.75, 3.05) is 13.1 Å². The monoisotopic (exact) mass is 403 g/mol. The lowest BCUT2D eigenvalue weighted by molar-refractivity contribution is -0.160. The molecule has 0 amide bonds. The Bertz CT molecular complexity index is 429. The van der Waals surface area contributed by atoms with Crippen LogP contribution in [0.5, 0.6) is 0 Å². The highest BCUT2D eigenvalue weighted by molar-refractivity contribution is 9.25. The van der Waals surface area contributed by atoms with Gasteiger partial charge in [-0.3, -0.25) is 0 Å².